The predicted molar refractivity (Wildman–Crippen MR) is 93.6 cm³/mol. The van der Waals surface area contributed by atoms with Crippen molar-refractivity contribution in [1.82, 2.24) is 9.55 Å². The fourth-order valence-corrected chi connectivity index (χ4v) is 3.46. The highest BCUT2D eigenvalue weighted by Gasteiger charge is 2.28. The molecule has 0 bridgehead atoms. The molecule has 0 amide bonds. The minimum Gasteiger partial charge on any atom is -0.268 e. The molecule has 0 spiro atoms. The number of alkyl halides is 3. The lowest BCUT2D eigenvalue weighted by Gasteiger charge is -2.15. The fourth-order valence-electron chi connectivity index (χ4n) is 2.66. The number of hydrogen-bond donors (Lipinski definition) is 0. The monoisotopic (exact) mass is 382 g/mol. The molecule has 2 aromatic carbocycles. The highest BCUT2D eigenvalue weighted by atomic mass is 32.2. The van der Waals surface area contributed by atoms with E-state index in [1.54, 1.807) is 31.2 Å². The summed E-state index contributed by atoms with van der Waals surface area (Å²) >= 11 is 0.559. The first-order chi connectivity index (χ1) is 12.2. The van der Waals surface area contributed by atoms with Crippen LogP contribution in [0.25, 0.3) is 16.6 Å². The van der Waals surface area contributed by atoms with Crippen molar-refractivity contribution >= 4 is 22.7 Å². The number of aromatic nitrogens is 2. The van der Waals surface area contributed by atoms with E-state index in [4.69, 9.17) is 0 Å². The molecule has 8 heteroatoms. The lowest BCUT2D eigenvalue weighted by Crippen LogP contribution is -2.23. The average Bonchev–Trinajstić information content (AvgIpc) is 2.55. The van der Waals surface area contributed by atoms with Crippen molar-refractivity contribution < 1.29 is 17.6 Å². The van der Waals surface area contributed by atoms with Crippen molar-refractivity contribution in [3.63, 3.8) is 0 Å². The molecule has 136 valence electrons. The molecule has 0 aliphatic carbocycles. The molecule has 0 N–H and O–H groups in total. The normalized spacial score (nSPS) is 11.9. The third kappa shape index (κ3) is 3.60. The number of halogens is 4. The lowest BCUT2D eigenvalue weighted by atomic mass is 10.2. The van der Waals surface area contributed by atoms with E-state index in [1.807, 2.05) is 0 Å². The average molecular weight is 382 g/mol. The van der Waals surface area contributed by atoms with Crippen LogP contribution in [-0.4, -0.2) is 21.5 Å². The molecule has 0 unspecified atom stereocenters. The maximum Gasteiger partial charge on any atom is 0.398 e. The summed E-state index contributed by atoms with van der Waals surface area (Å²) in [4.78, 5) is 17.3. The van der Waals surface area contributed by atoms with E-state index in [-0.39, 0.29) is 16.4 Å². The van der Waals surface area contributed by atoms with Gasteiger partial charge in [0.05, 0.1) is 22.3 Å². The molecular formula is C18H14F4N2OS. The number of benzene rings is 2. The maximum absolute atomic E-state index is 14.5. The van der Waals surface area contributed by atoms with Gasteiger partial charge in [-0.2, -0.15) is 13.2 Å². The number of thioether (sulfide) groups is 1. The molecule has 0 aliphatic heterocycles. The molecule has 3 aromatic rings. The molecule has 26 heavy (non-hydrogen) atoms. The van der Waals surface area contributed by atoms with Crippen LogP contribution in [0.4, 0.5) is 17.6 Å². The number of nitrogens with zero attached hydrogens (tertiary/aromatic N) is 2. The number of para-hydroxylation sites is 1. The van der Waals surface area contributed by atoms with Crippen LogP contribution in [0.5, 0.6) is 0 Å². The zero-order valence-corrected chi connectivity index (χ0v) is 14.7. The summed E-state index contributed by atoms with van der Waals surface area (Å²) < 4.78 is 53.2. The summed E-state index contributed by atoms with van der Waals surface area (Å²) in [6, 6.07) is 9.05. The lowest BCUT2D eigenvalue weighted by molar-refractivity contribution is -0.105. The first kappa shape index (κ1) is 18.4. The molecule has 0 saturated carbocycles. The van der Waals surface area contributed by atoms with Gasteiger partial charge in [0.2, 0.25) is 0 Å². The van der Waals surface area contributed by atoms with E-state index in [9.17, 15) is 22.4 Å². The summed E-state index contributed by atoms with van der Waals surface area (Å²) in [7, 11) is 0. The number of rotatable bonds is 3. The Bertz CT molecular complexity index is 1040. The molecule has 0 fully saturated rings. The van der Waals surface area contributed by atoms with Crippen LogP contribution in [0.3, 0.4) is 0 Å². The van der Waals surface area contributed by atoms with E-state index < -0.39 is 23.3 Å². The quantitative estimate of drug-likeness (QED) is 0.482. The Hall–Kier alpha value is -2.35. The predicted octanol–water partition coefficient (Wildman–Crippen LogP) is 4.80. The minimum atomic E-state index is -4.34. The molecular weight excluding hydrogens is 368 g/mol. The van der Waals surface area contributed by atoms with Crippen LogP contribution in [0.2, 0.25) is 0 Å². The second kappa shape index (κ2) is 6.75. The van der Waals surface area contributed by atoms with Gasteiger partial charge in [-0.3, -0.25) is 9.36 Å². The molecule has 3 rings (SSSR count). The third-order valence-electron chi connectivity index (χ3n) is 3.82. The number of fused-ring (bicyclic) bond motifs is 1. The smallest absolute Gasteiger partial charge is 0.268 e. The van der Waals surface area contributed by atoms with Crippen molar-refractivity contribution in [3.8, 4) is 5.69 Å². The molecule has 1 heterocycles. The second-order valence-electron chi connectivity index (χ2n) is 5.79. The zero-order chi connectivity index (χ0) is 19.1. The van der Waals surface area contributed by atoms with Gasteiger partial charge in [-0.25, -0.2) is 9.37 Å². The fraction of sp³-hybridized carbons (Fsp3) is 0.222. The van der Waals surface area contributed by atoms with E-state index in [2.05, 4.69) is 4.98 Å². The summed E-state index contributed by atoms with van der Waals surface area (Å²) in [5.74, 6) is -1.53. The van der Waals surface area contributed by atoms with Crippen molar-refractivity contribution in [1.29, 1.82) is 0 Å². The van der Waals surface area contributed by atoms with Gasteiger partial charge in [0, 0.05) is 4.90 Å². The molecule has 3 nitrogen and oxygen atoms in total. The van der Waals surface area contributed by atoms with Gasteiger partial charge in [0.25, 0.3) is 5.56 Å². The van der Waals surface area contributed by atoms with Gasteiger partial charge in [0.1, 0.15) is 11.6 Å². The van der Waals surface area contributed by atoms with Crippen molar-refractivity contribution in [3.05, 3.63) is 64.0 Å². The Balaban J connectivity index is 2.18. The largest absolute Gasteiger partial charge is 0.398 e. The summed E-state index contributed by atoms with van der Waals surface area (Å²) in [5, 5.41) is 0.308. The number of aryl methyl sites for hydroxylation is 2. The van der Waals surface area contributed by atoms with E-state index in [0.717, 1.165) is 10.6 Å². The topological polar surface area (TPSA) is 34.9 Å². The SMILES string of the molecule is Cc1cc(F)c(-n2c(C)nc3ccccc3c2=O)cc1SCC(F)(F)F. The minimum absolute atomic E-state index is 0.110. The highest BCUT2D eigenvalue weighted by molar-refractivity contribution is 7.99. The Morgan fingerprint density at radius 1 is 1.15 bits per heavy atom. The third-order valence-corrected chi connectivity index (χ3v) is 5.04. The number of hydrogen-bond acceptors (Lipinski definition) is 3. The van der Waals surface area contributed by atoms with Gasteiger partial charge < -0.3 is 0 Å². The van der Waals surface area contributed by atoms with E-state index in [0.29, 0.717) is 28.2 Å². The van der Waals surface area contributed by atoms with Crippen LogP contribution >= 0.6 is 11.8 Å². The van der Waals surface area contributed by atoms with Gasteiger partial charge >= 0.3 is 6.18 Å². The van der Waals surface area contributed by atoms with Crippen molar-refractivity contribution in [2.75, 3.05) is 5.75 Å². The van der Waals surface area contributed by atoms with Gasteiger partial charge in [0.15, 0.2) is 0 Å². The molecule has 0 radical (unpaired) electrons. The maximum atomic E-state index is 14.5. The van der Waals surface area contributed by atoms with E-state index >= 15 is 0 Å². The Morgan fingerprint density at radius 2 is 1.85 bits per heavy atom. The first-order valence-corrected chi connectivity index (χ1v) is 8.64. The van der Waals surface area contributed by atoms with Crippen LogP contribution < -0.4 is 5.56 Å². The van der Waals surface area contributed by atoms with Crippen LogP contribution in [0.15, 0.2) is 46.1 Å². The van der Waals surface area contributed by atoms with Crippen LogP contribution in [0.1, 0.15) is 11.4 Å². The van der Waals surface area contributed by atoms with E-state index in [1.165, 1.54) is 13.0 Å². The second-order valence-corrected chi connectivity index (χ2v) is 6.81. The Kier molecular flexibility index (Phi) is 4.79. The zero-order valence-electron chi connectivity index (χ0n) is 13.9. The molecule has 1 aromatic heterocycles. The van der Waals surface area contributed by atoms with Gasteiger partial charge in [-0.15, -0.1) is 11.8 Å². The summed E-state index contributed by atoms with van der Waals surface area (Å²) in [6.07, 6.45) is -4.34. The summed E-state index contributed by atoms with van der Waals surface area (Å²) in [6.45, 7) is 3.08. The van der Waals surface area contributed by atoms with Crippen LogP contribution in [0, 0.1) is 19.7 Å². The van der Waals surface area contributed by atoms with Crippen LogP contribution in [-0.2, 0) is 0 Å². The molecule has 0 saturated heterocycles. The highest BCUT2D eigenvalue weighted by Crippen LogP contribution is 2.32. The standard InChI is InChI=1S/C18H14F4N2OS/c1-10-7-13(19)15(8-16(10)26-9-18(20,21)22)24-11(2)23-14-6-4-3-5-12(14)17(24)25/h3-8H,9H2,1-2H3. The van der Waals surface area contributed by atoms with Crippen molar-refractivity contribution in [2.45, 2.75) is 24.9 Å². The first-order valence-electron chi connectivity index (χ1n) is 7.66. The van der Waals surface area contributed by atoms with Crippen molar-refractivity contribution in [2.24, 2.45) is 0 Å². The Morgan fingerprint density at radius 3 is 2.54 bits per heavy atom. The van der Waals surface area contributed by atoms with Gasteiger partial charge in [-0.05, 0) is 43.7 Å². The Labute approximate surface area is 150 Å². The molecule has 0 atom stereocenters. The van der Waals surface area contributed by atoms with Gasteiger partial charge in [-0.1, -0.05) is 12.1 Å². The molecule has 0 aliphatic rings. The summed E-state index contributed by atoms with van der Waals surface area (Å²) in [5.41, 5.74) is 0.272.